The Labute approximate surface area is 344 Å². The third-order valence-electron chi connectivity index (χ3n) is 9.79. The van der Waals surface area contributed by atoms with Gasteiger partial charge in [-0.1, -0.05) is 153 Å². The Bertz CT molecular complexity index is 1180. The SMILES string of the molecule is CCCCCC=CCC=CCC1OC1CC=CCCCC(=O)OC(COC(=O)CCCCCCCCCCCCCCCCC)COP(=O)(O)OCC(N)C(=O)O. The van der Waals surface area contributed by atoms with Gasteiger partial charge >= 0.3 is 25.7 Å². The molecule has 0 bridgehead atoms. The summed E-state index contributed by atoms with van der Waals surface area (Å²) in [6.45, 7) is 2.71. The predicted molar refractivity (Wildman–Crippen MR) is 226 cm³/mol. The van der Waals surface area contributed by atoms with Gasteiger partial charge in [-0.3, -0.25) is 23.4 Å². The van der Waals surface area contributed by atoms with Crippen molar-refractivity contribution in [3.8, 4) is 0 Å². The molecule has 1 aliphatic heterocycles. The number of carbonyl (C=O) groups excluding carboxylic acids is 2. The summed E-state index contributed by atoms with van der Waals surface area (Å²) < 4.78 is 38.4. The van der Waals surface area contributed by atoms with Gasteiger partial charge in [0.25, 0.3) is 0 Å². The van der Waals surface area contributed by atoms with Crippen LogP contribution < -0.4 is 5.73 Å². The number of rotatable bonds is 40. The molecule has 0 saturated carbocycles. The second kappa shape index (κ2) is 35.6. The highest BCUT2D eigenvalue weighted by Gasteiger charge is 2.36. The van der Waals surface area contributed by atoms with E-state index in [1.807, 2.05) is 6.08 Å². The first-order valence-electron chi connectivity index (χ1n) is 22.1. The van der Waals surface area contributed by atoms with Crippen LogP contribution in [0.25, 0.3) is 0 Å². The minimum atomic E-state index is -4.74. The molecule has 5 unspecified atom stereocenters. The quantitative estimate of drug-likeness (QED) is 0.0175. The summed E-state index contributed by atoms with van der Waals surface area (Å²) in [6.07, 6.45) is 39.5. The maximum atomic E-state index is 12.6. The molecule has 1 saturated heterocycles. The molecule has 0 amide bonds. The van der Waals surface area contributed by atoms with E-state index in [0.717, 1.165) is 44.9 Å². The van der Waals surface area contributed by atoms with Crippen molar-refractivity contribution in [1.82, 2.24) is 0 Å². The summed E-state index contributed by atoms with van der Waals surface area (Å²) in [5, 5.41) is 8.89. The third-order valence-corrected chi connectivity index (χ3v) is 10.7. The number of hydrogen-bond acceptors (Lipinski definition) is 10. The largest absolute Gasteiger partial charge is 0.480 e. The van der Waals surface area contributed by atoms with Gasteiger partial charge in [0, 0.05) is 12.8 Å². The van der Waals surface area contributed by atoms with Crippen LogP contribution in [0.2, 0.25) is 0 Å². The fraction of sp³-hybridized carbons (Fsp3) is 0.795. The van der Waals surface area contributed by atoms with Gasteiger partial charge in [-0.2, -0.15) is 0 Å². The molecule has 5 atom stereocenters. The van der Waals surface area contributed by atoms with Crippen molar-refractivity contribution < 1.29 is 52.2 Å². The lowest BCUT2D eigenvalue weighted by Crippen LogP contribution is -2.34. The Morgan fingerprint density at radius 2 is 1.11 bits per heavy atom. The van der Waals surface area contributed by atoms with Gasteiger partial charge in [0.15, 0.2) is 6.10 Å². The normalized spacial score (nSPS) is 17.6. The van der Waals surface area contributed by atoms with Crippen molar-refractivity contribution in [3.05, 3.63) is 36.5 Å². The number of hydrogen-bond donors (Lipinski definition) is 3. The minimum Gasteiger partial charge on any atom is -0.480 e. The fourth-order valence-electron chi connectivity index (χ4n) is 6.16. The summed E-state index contributed by atoms with van der Waals surface area (Å²) in [4.78, 5) is 46.0. The topological polar surface area (TPSA) is 184 Å². The molecule has 330 valence electrons. The van der Waals surface area contributed by atoms with Crippen molar-refractivity contribution >= 4 is 25.7 Å². The van der Waals surface area contributed by atoms with Crippen LogP contribution in [0.3, 0.4) is 0 Å². The van der Waals surface area contributed by atoms with Gasteiger partial charge in [0.05, 0.1) is 25.4 Å². The first-order chi connectivity index (χ1) is 27.6. The van der Waals surface area contributed by atoms with Crippen molar-refractivity contribution in [2.24, 2.45) is 5.73 Å². The highest BCUT2D eigenvalue weighted by molar-refractivity contribution is 7.47. The van der Waals surface area contributed by atoms with Crippen LogP contribution in [-0.4, -0.2) is 72.1 Å². The Balaban J connectivity index is 2.33. The number of unbranched alkanes of at least 4 members (excludes halogenated alkanes) is 18. The number of nitrogens with two attached hydrogens (primary N) is 1. The highest BCUT2D eigenvalue weighted by Crippen LogP contribution is 2.43. The number of epoxide rings is 1. The first-order valence-corrected chi connectivity index (χ1v) is 23.6. The lowest BCUT2D eigenvalue weighted by Gasteiger charge is -2.20. The molecule has 4 N–H and O–H groups in total. The number of ether oxygens (including phenoxy) is 3. The first kappa shape index (κ1) is 52.7. The highest BCUT2D eigenvalue weighted by atomic mass is 31.2. The van der Waals surface area contributed by atoms with E-state index in [1.165, 1.54) is 89.9 Å². The van der Waals surface area contributed by atoms with E-state index in [2.05, 4.69) is 48.8 Å². The number of carbonyl (C=O) groups is 3. The number of carboxylic acid groups (broad SMARTS) is 1. The van der Waals surface area contributed by atoms with Gasteiger partial charge in [-0.25, -0.2) is 4.57 Å². The van der Waals surface area contributed by atoms with E-state index in [0.29, 0.717) is 19.3 Å². The molecule has 0 aromatic rings. The van der Waals surface area contributed by atoms with Crippen LogP contribution in [-0.2, 0) is 42.2 Å². The number of phosphoric ester groups is 1. The molecule has 57 heavy (non-hydrogen) atoms. The van der Waals surface area contributed by atoms with Crippen LogP contribution in [0, 0.1) is 0 Å². The van der Waals surface area contributed by atoms with Gasteiger partial charge in [0.2, 0.25) is 0 Å². The van der Waals surface area contributed by atoms with Gasteiger partial charge in [-0.05, 0) is 51.4 Å². The second-order valence-electron chi connectivity index (χ2n) is 15.2. The number of aliphatic carboxylic acids is 1. The van der Waals surface area contributed by atoms with Crippen molar-refractivity contribution in [1.29, 1.82) is 0 Å². The minimum absolute atomic E-state index is 0.0784. The second-order valence-corrected chi connectivity index (χ2v) is 16.7. The average molecular weight is 828 g/mol. The Hall–Kier alpha value is -2.34. The molecule has 0 aromatic carbocycles. The number of carboxylic acids is 1. The molecular formula is C44H78NO11P. The molecule has 0 aromatic heterocycles. The maximum Gasteiger partial charge on any atom is 0.472 e. The van der Waals surface area contributed by atoms with E-state index in [1.54, 1.807) is 0 Å². The zero-order valence-corrected chi connectivity index (χ0v) is 36.3. The summed E-state index contributed by atoms with van der Waals surface area (Å²) in [6, 6.07) is -1.53. The fourth-order valence-corrected chi connectivity index (χ4v) is 6.94. The van der Waals surface area contributed by atoms with E-state index in [4.69, 9.17) is 29.6 Å². The zero-order valence-electron chi connectivity index (χ0n) is 35.4. The summed E-state index contributed by atoms with van der Waals surface area (Å²) in [5.74, 6) is -2.46. The molecule has 13 heteroatoms. The predicted octanol–water partition coefficient (Wildman–Crippen LogP) is 10.6. The van der Waals surface area contributed by atoms with Crippen LogP contribution in [0.5, 0.6) is 0 Å². The van der Waals surface area contributed by atoms with Crippen molar-refractivity contribution in [2.75, 3.05) is 19.8 Å². The smallest absolute Gasteiger partial charge is 0.472 e. The summed E-state index contributed by atoms with van der Waals surface area (Å²) in [7, 11) is -4.74. The molecule has 1 rings (SSSR count). The molecule has 0 radical (unpaired) electrons. The van der Waals surface area contributed by atoms with E-state index in [9.17, 15) is 23.8 Å². The average Bonchev–Trinajstić information content (AvgIpc) is 3.94. The maximum absolute atomic E-state index is 12.6. The summed E-state index contributed by atoms with van der Waals surface area (Å²) >= 11 is 0. The zero-order chi connectivity index (χ0) is 41.8. The Kier molecular flexibility index (Phi) is 32.9. The lowest BCUT2D eigenvalue weighted by atomic mass is 10.0. The van der Waals surface area contributed by atoms with E-state index < -0.39 is 51.1 Å². The molecule has 1 heterocycles. The number of phosphoric acid groups is 1. The van der Waals surface area contributed by atoms with Crippen molar-refractivity contribution in [3.63, 3.8) is 0 Å². The standard InChI is InChI=1S/C44H78NO11P/c1-3-5-7-9-11-13-14-15-16-17-18-20-22-24-29-33-42(46)52-35-38(36-53-57(50,51)54-37-39(45)44(48)49)55-43(47)34-30-26-25-28-32-41-40(56-41)31-27-23-21-19-12-10-8-6-4-2/h12,19,23,25,27-28,38-41H,3-11,13-18,20-22,24,26,29-37,45H2,1-2H3,(H,48,49)(H,50,51). The Morgan fingerprint density at radius 3 is 1.70 bits per heavy atom. The molecular weight excluding hydrogens is 749 g/mol. The van der Waals surface area contributed by atoms with Crippen LogP contribution in [0.15, 0.2) is 36.5 Å². The van der Waals surface area contributed by atoms with Crippen LogP contribution >= 0.6 is 7.82 Å². The number of allylic oxidation sites excluding steroid dienone is 4. The Morgan fingerprint density at radius 1 is 0.632 bits per heavy atom. The lowest BCUT2D eigenvalue weighted by molar-refractivity contribution is -0.161. The molecule has 12 nitrogen and oxygen atoms in total. The molecule has 0 spiro atoms. The monoisotopic (exact) mass is 828 g/mol. The van der Waals surface area contributed by atoms with Crippen LogP contribution in [0.1, 0.15) is 181 Å². The molecule has 0 aliphatic carbocycles. The summed E-state index contributed by atoms with van der Waals surface area (Å²) in [5.41, 5.74) is 5.33. The van der Waals surface area contributed by atoms with Gasteiger partial charge in [0.1, 0.15) is 12.6 Å². The van der Waals surface area contributed by atoms with Gasteiger partial charge < -0.3 is 29.9 Å². The third kappa shape index (κ3) is 33.2. The van der Waals surface area contributed by atoms with Gasteiger partial charge in [-0.15, -0.1) is 0 Å². The van der Waals surface area contributed by atoms with E-state index >= 15 is 0 Å². The van der Waals surface area contributed by atoms with Crippen molar-refractivity contribution in [2.45, 2.75) is 205 Å². The molecule has 1 aliphatic rings. The number of esters is 2. The van der Waals surface area contributed by atoms with E-state index in [-0.39, 0.29) is 31.7 Å². The molecule has 1 fully saturated rings. The van der Waals surface area contributed by atoms with Crippen LogP contribution in [0.4, 0.5) is 0 Å².